The van der Waals surface area contributed by atoms with E-state index < -0.39 is 32.4 Å². The van der Waals surface area contributed by atoms with Crippen molar-refractivity contribution in [1.29, 1.82) is 0 Å². The molecule has 0 spiro atoms. The van der Waals surface area contributed by atoms with Gasteiger partial charge in [0, 0.05) is 19.4 Å². The second-order valence-corrected chi connectivity index (χ2v) is 15.0. The molecule has 0 saturated heterocycles. The van der Waals surface area contributed by atoms with Crippen molar-refractivity contribution < 1.29 is 42.6 Å². The Bertz CT molecular complexity index is 814. The summed E-state index contributed by atoms with van der Waals surface area (Å²) in [6.07, 6.45) is 30.8. The topological polar surface area (TPSA) is 140 Å². The summed E-state index contributed by atoms with van der Waals surface area (Å²) in [5.74, 6) is -0.882. The summed E-state index contributed by atoms with van der Waals surface area (Å²) in [5.41, 5.74) is 0. The summed E-state index contributed by atoms with van der Waals surface area (Å²) in [4.78, 5) is 47.4. The van der Waals surface area contributed by atoms with Gasteiger partial charge in [0.25, 0.3) is 6.47 Å². The monoisotopic (exact) mass is 719 g/mol. The van der Waals surface area contributed by atoms with Crippen LogP contribution >= 0.6 is 7.75 Å². The zero-order valence-corrected chi connectivity index (χ0v) is 32.3. The van der Waals surface area contributed by atoms with E-state index in [0.717, 1.165) is 38.5 Å². The van der Waals surface area contributed by atoms with Crippen LogP contribution in [0.3, 0.4) is 0 Å². The van der Waals surface area contributed by atoms with E-state index in [1.54, 1.807) is 0 Å². The van der Waals surface area contributed by atoms with Crippen LogP contribution in [-0.2, 0) is 37.7 Å². The largest absolute Gasteiger partial charge is 0.766 e. The lowest BCUT2D eigenvalue weighted by molar-refractivity contribution is -0.206. The van der Waals surface area contributed by atoms with Crippen LogP contribution < -0.4 is 9.98 Å². The maximum Gasteiger partial charge on any atom is 0.306 e. The van der Waals surface area contributed by atoms with Crippen LogP contribution in [0.2, 0.25) is 0 Å². The van der Waals surface area contributed by atoms with E-state index in [9.17, 15) is 23.8 Å². The van der Waals surface area contributed by atoms with Crippen LogP contribution in [0, 0.1) is 0 Å². The molecule has 0 aromatic carbocycles. The summed E-state index contributed by atoms with van der Waals surface area (Å²) in [6.45, 7) is 3.63. The third kappa shape index (κ3) is 36.1. The second kappa shape index (κ2) is 36.3. The van der Waals surface area contributed by atoms with Crippen LogP contribution in [0.25, 0.3) is 0 Å². The highest BCUT2D eigenvalue weighted by Gasteiger charge is 2.20. The molecular formula is C38H73NO9P-. The molecule has 49 heavy (non-hydrogen) atoms. The standard InChI is InChI=1S/C38H74NO9P/c1-3-5-7-9-11-13-15-17-19-21-23-25-27-29-37(41)46-33-36(34-47-49(43,44)39-31-32-45-35-40)48-38(42)30-28-26-24-22-20-18-16-14-12-10-8-6-4-2/h35-36H,3-34H2,1-2H3,(H2,39,43,44)/p-1. The maximum atomic E-state index is 12.5. The van der Waals surface area contributed by atoms with Gasteiger partial charge in [-0.3, -0.25) is 24.0 Å². The van der Waals surface area contributed by atoms with Gasteiger partial charge < -0.3 is 23.6 Å². The van der Waals surface area contributed by atoms with Gasteiger partial charge >= 0.3 is 11.9 Å². The molecule has 2 unspecified atom stereocenters. The van der Waals surface area contributed by atoms with Crippen molar-refractivity contribution in [1.82, 2.24) is 5.09 Å². The number of hydrogen-bond donors (Lipinski definition) is 1. The fourth-order valence-corrected chi connectivity index (χ4v) is 6.53. The highest BCUT2D eigenvalue weighted by Crippen LogP contribution is 2.31. The molecule has 0 aromatic rings. The molecule has 11 heteroatoms. The molecule has 10 nitrogen and oxygen atoms in total. The predicted octanol–water partition coefficient (Wildman–Crippen LogP) is 9.65. The van der Waals surface area contributed by atoms with Gasteiger partial charge in [-0.05, 0) is 12.8 Å². The minimum Gasteiger partial charge on any atom is -0.766 e. The first-order valence-electron chi connectivity index (χ1n) is 20.0. The first kappa shape index (κ1) is 47.5. The second-order valence-electron chi connectivity index (χ2n) is 13.4. The molecule has 0 rings (SSSR count). The average Bonchev–Trinajstić information content (AvgIpc) is 3.08. The minimum absolute atomic E-state index is 0.145. The molecule has 0 aromatic heterocycles. The van der Waals surface area contributed by atoms with Gasteiger partial charge in [0.1, 0.15) is 13.2 Å². The average molecular weight is 719 g/mol. The number of hydrogen-bond acceptors (Lipinski definition) is 9. The SMILES string of the molecule is CCCCCCCCCCCCCCCC(=O)OCC(COP(=O)([O-])NCCOC=O)OC(=O)CCCCCCCCCCCCCCC. The number of nitrogens with one attached hydrogen (secondary N) is 1. The summed E-state index contributed by atoms with van der Waals surface area (Å²) in [5, 5.41) is 2.16. The van der Waals surface area contributed by atoms with Crippen LogP contribution in [0.4, 0.5) is 0 Å². The van der Waals surface area contributed by atoms with E-state index in [-0.39, 0.29) is 39.1 Å². The third-order valence-electron chi connectivity index (χ3n) is 8.72. The van der Waals surface area contributed by atoms with E-state index in [1.807, 2.05) is 0 Å². The Morgan fingerprint density at radius 1 is 0.612 bits per heavy atom. The van der Waals surface area contributed by atoms with Crippen molar-refractivity contribution in [2.45, 2.75) is 200 Å². The molecule has 0 radical (unpaired) electrons. The fraction of sp³-hybridized carbons (Fsp3) is 0.921. The van der Waals surface area contributed by atoms with E-state index >= 15 is 0 Å². The zero-order chi connectivity index (χ0) is 36.1. The molecular weight excluding hydrogens is 645 g/mol. The highest BCUT2D eigenvalue weighted by molar-refractivity contribution is 7.49. The fourth-order valence-electron chi connectivity index (χ4n) is 5.71. The van der Waals surface area contributed by atoms with Gasteiger partial charge in [0.2, 0.25) is 7.75 Å². The minimum atomic E-state index is -4.50. The third-order valence-corrected chi connectivity index (χ3v) is 9.82. The van der Waals surface area contributed by atoms with Gasteiger partial charge in [-0.15, -0.1) is 0 Å². The smallest absolute Gasteiger partial charge is 0.306 e. The number of esters is 2. The molecule has 0 aliphatic rings. The van der Waals surface area contributed by atoms with Crippen molar-refractivity contribution in [3.63, 3.8) is 0 Å². The number of carbonyl (C=O) groups is 3. The number of rotatable bonds is 39. The summed E-state index contributed by atoms with van der Waals surface area (Å²) < 4.78 is 32.5. The Labute approximate surface area is 299 Å². The van der Waals surface area contributed by atoms with Crippen LogP contribution in [0.5, 0.6) is 0 Å². The summed E-state index contributed by atoms with van der Waals surface area (Å²) in [7, 11) is -4.50. The Balaban J connectivity index is 4.29. The molecule has 1 N–H and O–H groups in total. The predicted molar refractivity (Wildman–Crippen MR) is 195 cm³/mol. The lowest BCUT2D eigenvalue weighted by atomic mass is 10.0. The zero-order valence-electron chi connectivity index (χ0n) is 31.4. The Morgan fingerprint density at radius 2 is 1.00 bits per heavy atom. The molecule has 290 valence electrons. The van der Waals surface area contributed by atoms with Crippen molar-refractivity contribution in [2.24, 2.45) is 0 Å². The van der Waals surface area contributed by atoms with Crippen molar-refractivity contribution >= 4 is 26.2 Å². The van der Waals surface area contributed by atoms with Crippen molar-refractivity contribution in [3.8, 4) is 0 Å². The molecule has 0 saturated carbocycles. The Kier molecular flexibility index (Phi) is 35.2. The first-order valence-corrected chi connectivity index (χ1v) is 21.5. The first-order chi connectivity index (χ1) is 23.8. The van der Waals surface area contributed by atoms with Crippen LogP contribution in [0.15, 0.2) is 0 Å². The van der Waals surface area contributed by atoms with E-state index in [0.29, 0.717) is 6.42 Å². The quantitative estimate of drug-likeness (QED) is 0.0215. The van der Waals surface area contributed by atoms with Gasteiger partial charge in [-0.25, -0.2) is 0 Å². The maximum absolute atomic E-state index is 12.5. The van der Waals surface area contributed by atoms with E-state index in [1.165, 1.54) is 122 Å². The Hall–Kier alpha value is -1.48. The number of unbranched alkanes of at least 4 members (excludes halogenated alkanes) is 24. The summed E-state index contributed by atoms with van der Waals surface area (Å²) >= 11 is 0. The lowest BCUT2D eigenvalue weighted by Crippen LogP contribution is -2.32. The molecule has 0 aliphatic heterocycles. The van der Waals surface area contributed by atoms with Gasteiger partial charge in [-0.1, -0.05) is 168 Å². The van der Waals surface area contributed by atoms with E-state index in [4.69, 9.17) is 14.0 Å². The molecule has 0 aliphatic carbocycles. The lowest BCUT2D eigenvalue weighted by Gasteiger charge is -2.26. The molecule has 2 atom stereocenters. The molecule has 0 bridgehead atoms. The van der Waals surface area contributed by atoms with Crippen LogP contribution in [0.1, 0.15) is 194 Å². The van der Waals surface area contributed by atoms with Crippen molar-refractivity contribution in [2.75, 3.05) is 26.4 Å². The van der Waals surface area contributed by atoms with Gasteiger partial charge in [0.15, 0.2) is 6.10 Å². The number of ether oxygens (including phenoxy) is 3. The number of carbonyl (C=O) groups excluding carboxylic acids is 3. The van der Waals surface area contributed by atoms with Gasteiger partial charge in [0.05, 0.1) is 6.61 Å². The van der Waals surface area contributed by atoms with E-state index in [2.05, 4.69) is 23.7 Å². The molecule has 0 amide bonds. The molecule has 0 fully saturated rings. The van der Waals surface area contributed by atoms with Gasteiger partial charge in [-0.2, -0.15) is 0 Å². The summed E-state index contributed by atoms with van der Waals surface area (Å²) in [6, 6.07) is 0. The molecule has 0 heterocycles. The van der Waals surface area contributed by atoms with Crippen molar-refractivity contribution in [3.05, 3.63) is 0 Å². The normalized spacial score (nSPS) is 13.1. The highest BCUT2D eigenvalue weighted by atomic mass is 31.2. The Morgan fingerprint density at radius 3 is 1.41 bits per heavy atom. The van der Waals surface area contributed by atoms with Crippen LogP contribution in [-0.4, -0.2) is 50.9 Å².